The molecule has 0 spiro atoms. The van der Waals surface area contributed by atoms with Gasteiger partial charge in [0.15, 0.2) is 5.76 Å². The first-order chi connectivity index (χ1) is 4.51. The summed E-state index contributed by atoms with van der Waals surface area (Å²) in [5.74, 6) is -0.114. The highest BCUT2D eigenvalue weighted by atomic mass is 16.7. The maximum absolute atomic E-state index is 9.01. The van der Waals surface area contributed by atoms with Crippen molar-refractivity contribution in [3.63, 3.8) is 0 Å². The third-order valence-corrected chi connectivity index (χ3v) is 1.23. The molecule has 0 saturated heterocycles. The molecule has 0 aliphatic carbocycles. The minimum atomic E-state index is -0.605. The van der Waals surface area contributed by atoms with Gasteiger partial charge in [0, 0.05) is 13.8 Å². The molecule has 3 heteroatoms. The number of aliphatic hydroxyl groups excluding tert-OH is 1. The molecule has 0 aromatic heterocycles. The molecular formula is C7H12O3. The zero-order valence-electron chi connectivity index (χ0n) is 6.42. The molecule has 0 radical (unpaired) electrons. The second-order valence-electron chi connectivity index (χ2n) is 2.82. The fraction of sp³-hybridized carbons (Fsp3) is 0.714. The maximum atomic E-state index is 9.01. The molecule has 0 amide bonds. The van der Waals surface area contributed by atoms with E-state index in [1.54, 1.807) is 20.8 Å². The lowest BCUT2D eigenvalue weighted by Gasteiger charge is -2.18. The number of hydrogen-bond acceptors (Lipinski definition) is 3. The van der Waals surface area contributed by atoms with Gasteiger partial charge in [-0.25, -0.2) is 0 Å². The zero-order valence-corrected chi connectivity index (χ0v) is 6.42. The van der Waals surface area contributed by atoms with E-state index >= 15 is 0 Å². The third kappa shape index (κ3) is 1.42. The summed E-state index contributed by atoms with van der Waals surface area (Å²) in [7, 11) is 0. The molecule has 1 aliphatic heterocycles. The van der Waals surface area contributed by atoms with Crippen molar-refractivity contribution in [3.05, 3.63) is 12.0 Å². The van der Waals surface area contributed by atoms with Crippen LogP contribution in [0.5, 0.6) is 0 Å². The van der Waals surface area contributed by atoms with E-state index < -0.39 is 11.9 Å². The molecule has 0 fully saturated rings. The van der Waals surface area contributed by atoms with Gasteiger partial charge in [0.2, 0.25) is 5.79 Å². The Balaban J connectivity index is 2.55. The summed E-state index contributed by atoms with van der Waals surface area (Å²) in [6.07, 6.45) is 0.867. The average molecular weight is 144 g/mol. The van der Waals surface area contributed by atoms with Gasteiger partial charge >= 0.3 is 0 Å². The molecule has 1 heterocycles. The minimum Gasteiger partial charge on any atom is -0.457 e. The monoisotopic (exact) mass is 144 g/mol. The largest absolute Gasteiger partial charge is 0.457 e. The topological polar surface area (TPSA) is 38.7 Å². The smallest absolute Gasteiger partial charge is 0.244 e. The molecule has 1 atom stereocenters. The molecule has 3 nitrogen and oxygen atoms in total. The van der Waals surface area contributed by atoms with Crippen LogP contribution in [-0.4, -0.2) is 17.0 Å². The van der Waals surface area contributed by atoms with Gasteiger partial charge in [-0.3, -0.25) is 0 Å². The lowest BCUT2D eigenvalue weighted by atomic mass is 10.3. The lowest BCUT2D eigenvalue weighted by molar-refractivity contribution is -0.123. The van der Waals surface area contributed by atoms with Crippen LogP contribution in [0.4, 0.5) is 0 Å². The van der Waals surface area contributed by atoms with Crippen LogP contribution in [-0.2, 0) is 9.47 Å². The van der Waals surface area contributed by atoms with Crippen molar-refractivity contribution in [2.24, 2.45) is 0 Å². The predicted molar refractivity (Wildman–Crippen MR) is 36.0 cm³/mol. The van der Waals surface area contributed by atoms with Gasteiger partial charge < -0.3 is 14.6 Å². The van der Waals surface area contributed by atoms with Crippen molar-refractivity contribution in [1.29, 1.82) is 0 Å². The zero-order chi connectivity index (χ0) is 7.78. The molecular weight excluding hydrogens is 132 g/mol. The fourth-order valence-electron chi connectivity index (χ4n) is 0.716. The molecule has 10 heavy (non-hydrogen) atoms. The van der Waals surface area contributed by atoms with Gasteiger partial charge in [-0.15, -0.1) is 0 Å². The normalized spacial score (nSPS) is 24.6. The number of rotatable bonds is 1. The molecule has 0 aromatic carbocycles. The number of aliphatic hydroxyl groups is 1. The highest BCUT2D eigenvalue weighted by molar-refractivity contribution is 4.99. The van der Waals surface area contributed by atoms with Gasteiger partial charge in [-0.2, -0.15) is 0 Å². The first kappa shape index (κ1) is 7.41. The second kappa shape index (κ2) is 2.16. The van der Waals surface area contributed by atoms with Crippen molar-refractivity contribution in [3.8, 4) is 0 Å². The van der Waals surface area contributed by atoms with E-state index in [0.29, 0.717) is 5.76 Å². The summed E-state index contributed by atoms with van der Waals surface area (Å²) in [6.45, 7) is 5.22. The maximum Gasteiger partial charge on any atom is 0.244 e. The van der Waals surface area contributed by atoms with Gasteiger partial charge in [0.1, 0.15) is 12.4 Å². The predicted octanol–water partition coefficient (Wildman–Crippen LogP) is 0.991. The summed E-state index contributed by atoms with van der Waals surface area (Å²) < 4.78 is 10.3. The lowest BCUT2D eigenvalue weighted by Crippen LogP contribution is -2.22. The van der Waals surface area contributed by atoms with Gasteiger partial charge in [-0.05, 0) is 6.92 Å². The molecule has 0 bridgehead atoms. The van der Waals surface area contributed by atoms with Gasteiger partial charge in [-0.1, -0.05) is 0 Å². The van der Waals surface area contributed by atoms with Crippen molar-refractivity contribution < 1.29 is 14.6 Å². The van der Waals surface area contributed by atoms with Crippen LogP contribution in [0.25, 0.3) is 0 Å². The molecule has 0 saturated carbocycles. The Morgan fingerprint density at radius 2 is 2.20 bits per heavy atom. The molecule has 58 valence electrons. The minimum absolute atomic E-state index is 0.491. The van der Waals surface area contributed by atoms with E-state index in [1.165, 1.54) is 6.26 Å². The Bertz CT molecular complexity index is 158. The van der Waals surface area contributed by atoms with Crippen LogP contribution < -0.4 is 0 Å². The van der Waals surface area contributed by atoms with Crippen molar-refractivity contribution in [1.82, 2.24) is 0 Å². The summed E-state index contributed by atoms with van der Waals surface area (Å²) in [4.78, 5) is 0. The Morgan fingerprint density at radius 3 is 2.40 bits per heavy atom. The Kier molecular flexibility index (Phi) is 1.60. The van der Waals surface area contributed by atoms with Crippen LogP contribution in [0.1, 0.15) is 20.8 Å². The fourth-order valence-corrected chi connectivity index (χ4v) is 0.716. The molecule has 1 rings (SSSR count). The molecule has 0 aromatic rings. The van der Waals surface area contributed by atoms with E-state index in [4.69, 9.17) is 14.6 Å². The number of ether oxygens (including phenoxy) is 2. The third-order valence-electron chi connectivity index (χ3n) is 1.23. The van der Waals surface area contributed by atoms with Crippen molar-refractivity contribution in [2.45, 2.75) is 32.7 Å². The highest BCUT2D eigenvalue weighted by Gasteiger charge is 2.29. The Morgan fingerprint density at radius 1 is 1.60 bits per heavy atom. The first-order valence-electron chi connectivity index (χ1n) is 3.26. The number of hydrogen-bond donors (Lipinski definition) is 1. The first-order valence-corrected chi connectivity index (χ1v) is 3.26. The Hall–Kier alpha value is -0.700. The second-order valence-corrected chi connectivity index (χ2v) is 2.82. The van der Waals surface area contributed by atoms with Crippen LogP contribution in [0.2, 0.25) is 0 Å². The van der Waals surface area contributed by atoms with E-state index in [-0.39, 0.29) is 0 Å². The van der Waals surface area contributed by atoms with Crippen LogP contribution >= 0.6 is 0 Å². The van der Waals surface area contributed by atoms with E-state index in [9.17, 15) is 0 Å². The molecule has 1 N–H and O–H groups in total. The summed E-state index contributed by atoms with van der Waals surface area (Å²) in [5, 5.41) is 9.01. The van der Waals surface area contributed by atoms with E-state index in [2.05, 4.69) is 0 Å². The van der Waals surface area contributed by atoms with Crippen LogP contribution in [0.3, 0.4) is 0 Å². The summed E-state index contributed by atoms with van der Waals surface area (Å²) in [6, 6.07) is 0. The van der Waals surface area contributed by atoms with Crippen LogP contribution in [0, 0.1) is 0 Å². The summed E-state index contributed by atoms with van der Waals surface area (Å²) >= 11 is 0. The molecule has 1 aliphatic rings. The van der Waals surface area contributed by atoms with Crippen molar-refractivity contribution >= 4 is 0 Å². The average Bonchev–Trinajstić information content (AvgIpc) is 2.10. The summed E-state index contributed by atoms with van der Waals surface area (Å²) in [5.41, 5.74) is 0. The quantitative estimate of drug-likeness (QED) is 0.596. The van der Waals surface area contributed by atoms with Crippen LogP contribution in [0.15, 0.2) is 12.0 Å². The van der Waals surface area contributed by atoms with E-state index in [1.807, 2.05) is 0 Å². The Labute approximate surface area is 60.3 Å². The van der Waals surface area contributed by atoms with Crippen molar-refractivity contribution in [2.75, 3.05) is 0 Å². The van der Waals surface area contributed by atoms with Gasteiger partial charge in [0.05, 0.1) is 0 Å². The SMILES string of the molecule is CC(O)C1=COC(C)(C)O1. The van der Waals surface area contributed by atoms with Gasteiger partial charge in [0.25, 0.3) is 0 Å². The standard InChI is InChI=1S/C7H12O3/c1-5(8)6-4-9-7(2,3)10-6/h4-5,8H,1-3H3. The molecule has 1 unspecified atom stereocenters. The highest BCUT2D eigenvalue weighted by Crippen LogP contribution is 2.25. The van der Waals surface area contributed by atoms with E-state index in [0.717, 1.165) is 0 Å².